The van der Waals surface area contributed by atoms with Gasteiger partial charge in [-0.1, -0.05) is 24.2 Å². The Morgan fingerprint density at radius 1 is 1.40 bits per heavy atom. The predicted molar refractivity (Wildman–Crippen MR) is 109 cm³/mol. The molecule has 138 valence electrons. The number of aryl methyl sites for hydroxylation is 2. The number of hydrogen-bond acceptors (Lipinski definition) is 3. The summed E-state index contributed by atoms with van der Waals surface area (Å²) in [5, 5.41) is 7.36. The van der Waals surface area contributed by atoms with Crippen LogP contribution in [0, 0.1) is 19.7 Å². The van der Waals surface area contributed by atoms with Crippen LogP contribution in [0.4, 0.5) is 4.39 Å². The average Bonchev–Trinajstić information content (AvgIpc) is 2.86. The van der Waals surface area contributed by atoms with Crippen molar-refractivity contribution in [2.45, 2.75) is 33.2 Å². The van der Waals surface area contributed by atoms with E-state index in [1.54, 1.807) is 13.1 Å². The molecule has 0 aliphatic heterocycles. The quantitative estimate of drug-likeness (QED) is 0.419. The summed E-state index contributed by atoms with van der Waals surface area (Å²) in [5.41, 5.74) is 2.95. The van der Waals surface area contributed by atoms with E-state index in [4.69, 9.17) is 4.52 Å². The maximum absolute atomic E-state index is 13.3. The van der Waals surface area contributed by atoms with Crippen LogP contribution >= 0.6 is 24.0 Å². The summed E-state index contributed by atoms with van der Waals surface area (Å²) in [6.45, 7) is 7.30. The lowest BCUT2D eigenvalue weighted by Crippen LogP contribution is -2.40. The van der Waals surface area contributed by atoms with E-state index in [1.807, 2.05) is 31.9 Å². The van der Waals surface area contributed by atoms with E-state index >= 15 is 0 Å². The zero-order valence-corrected chi connectivity index (χ0v) is 17.7. The van der Waals surface area contributed by atoms with E-state index in [-0.39, 0.29) is 35.7 Å². The molecular weight excluding hydrogens is 434 g/mol. The topological polar surface area (TPSA) is 53.7 Å². The molecule has 0 aliphatic rings. The molecule has 0 spiro atoms. The van der Waals surface area contributed by atoms with Gasteiger partial charge in [0.05, 0.1) is 5.69 Å². The summed E-state index contributed by atoms with van der Waals surface area (Å²) >= 11 is 0. The van der Waals surface area contributed by atoms with E-state index in [1.165, 1.54) is 12.1 Å². The summed E-state index contributed by atoms with van der Waals surface area (Å²) in [6.07, 6.45) is 0. The van der Waals surface area contributed by atoms with E-state index in [2.05, 4.69) is 22.4 Å². The van der Waals surface area contributed by atoms with Gasteiger partial charge in [-0.25, -0.2) is 4.39 Å². The second-order valence-electron chi connectivity index (χ2n) is 6.05. The molecule has 1 aromatic carbocycles. The van der Waals surface area contributed by atoms with Crippen molar-refractivity contribution in [3.8, 4) is 0 Å². The minimum atomic E-state index is -0.226. The third-order valence-electron chi connectivity index (χ3n) is 4.03. The highest BCUT2D eigenvalue weighted by molar-refractivity contribution is 14.0. The van der Waals surface area contributed by atoms with Crippen LogP contribution in [0.2, 0.25) is 0 Å². The van der Waals surface area contributed by atoms with Gasteiger partial charge in [0.15, 0.2) is 5.96 Å². The summed E-state index contributed by atoms with van der Waals surface area (Å²) in [6, 6.07) is 6.60. The number of nitrogens with one attached hydrogen (secondary N) is 1. The number of nitrogens with zero attached hydrogens (tertiary/aromatic N) is 3. The second kappa shape index (κ2) is 9.74. The van der Waals surface area contributed by atoms with Crippen LogP contribution in [0.15, 0.2) is 33.8 Å². The number of halogens is 2. The molecule has 0 bridgehead atoms. The zero-order valence-electron chi connectivity index (χ0n) is 15.3. The summed E-state index contributed by atoms with van der Waals surface area (Å²) < 4.78 is 18.5. The van der Waals surface area contributed by atoms with Crippen molar-refractivity contribution < 1.29 is 8.91 Å². The van der Waals surface area contributed by atoms with E-state index in [0.29, 0.717) is 13.1 Å². The molecule has 1 aromatic heterocycles. The summed E-state index contributed by atoms with van der Waals surface area (Å²) in [4.78, 5) is 6.27. The highest BCUT2D eigenvalue weighted by Gasteiger charge is 2.17. The molecule has 7 heteroatoms. The van der Waals surface area contributed by atoms with Crippen molar-refractivity contribution in [3.05, 3.63) is 52.7 Å². The molecule has 1 heterocycles. The van der Waals surface area contributed by atoms with E-state index in [9.17, 15) is 4.39 Å². The van der Waals surface area contributed by atoms with E-state index in [0.717, 1.165) is 28.5 Å². The number of aromatic nitrogens is 1. The number of rotatable bonds is 5. The first-order valence-corrected chi connectivity index (χ1v) is 8.01. The highest BCUT2D eigenvalue weighted by atomic mass is 127. The van der Waals surface area contributed by atoms with Crippen LogP contribution < -0.4 is 5.32 Å². The third kappa shape index (κ3) is 5.69. The minimum absolute atomic E-state index is 0. The smallest absolute Gasteiger partial charge is 0.193 e. The molecule has 25 heavy (non-hydrogen) atoms. The monoisotopic (exact) mass is 460 g/mol. The van der Waals surface area contributed by atoms with Gasteiger partial charge >= 0.3 is 0 Å². The molecule has 0 amide bonds. The van der Waals surface area contributed by atoms with Gasteiger partial charge in [0.25, 0.3) is 0 Å². The molecule has 5 nitrogen and oxygen atoms in total. The van der Waals surface area contributed by atoms with Crippen molar-refractivity contribution >= 4 is 29.9 Å². The fraction of sp³-hybridized carbons (Fsp3) is 0.444. The van der Waals surface area contributed by atoms with Gasteiger partial charge in [0.1, 0.15) is 11.6 Å². The van der Waals surface area contributed by atoms with Gasteiger partial charge in [0.2, 0.25) is 0 Å². The number of benzene rings is 1. The maximum Gasteiger partial charge on any atom is 0.193 e. The van der Waals surface area contributed by atoms with E-state index < -0.39 is 0 Å². The van der Waals surface area contributed by atoms with Gasteiger partial charge in [-0.2, -0.15) is 0 Å². The Hall–Kier alpha value is -1.64. The lowest BCUT2D eigenvalue weighted by molar-refractivity contribution is 0.391. The first-order valence-electron chi connectivity index (χ1n) is 8.01. The average molecular weight is 460 g/mol. The Labute approximate surface area is 165 Å². The molecule has 2 aromatic rings. The number of hydrogen-bond donors (Lipinski definition) is 1. The molecule has 0 saturated carbocycles. The lowest BCUT2D eigenvalue weighted by atomic mass is 10.00. The normalized spacial score (nSPS) is 12.5. The molecule has 1 unspecified atom stereocenters. The van der Waals surface area contributed by atoms with Gasteiger partial charge in [0, 0.05) is 38.7 Å². The van der Waals surface area contributed by atoms with Crippen molar-refractivity contribution in [2.24, 2.45) is 4.99 Å². The van der Waals surface area contributed by atoms with Crippen molar-refractivity contribution in [1.29, 1.82) is 0 Å². The fourth-order valence-electron chi connectivity index (χ4n) is 2.91. The SMILES string of the molecule is CN=C(NCC(C)c1c(C)noc1C)N(C)Cc1cccc(F)c1.I. The molecule has 2 rings (SSSR count). The molecule has 0 saturated heterocycles. The van der Waals surface area contributed by atoms with Crippen LogP contribution in [-0.4, -0.2) is 36.7 Å². The van der Waals surface area contributed by atoms with Gasteiger partial charge in [-0.3, -0.25) is 4.99 Å². The molecule has 0 fully saturated rings. The fourth-order valence-corrected chi connectivity index (χ4v) is 2.91. The molecular formula is C18H26FIN4O. The Morgan fingerprint density at radius 3 is 2.68 bits per heavy atom. The Kier molecular flexibility index (Phi) is 8.34. The molecule has 1 atom stereocenters. The molecule has 0 radical (unpaired) electrons. The third-order valence-corrected chi connectivity index (χ3v) is 4.03. The van der Waals surface area contributed by atoms with Gasteiger partial charge < -0.3 is 14.7 Å². The van der Waals surface area contributed by atoms with Crippen LogP contribution in [0.5, 0.6) is 0 Å². The minimum Gasteiger partial charge on any atom is -0.361 e. The van der Waals surface area contributed by atoms with Crippen molar-refractivity contribution in [1.82, 2.24) is 15.4 Å². The molecule has 1 N–H and O–H groups in total. The van der Waals surface area contributed by atoms with Crippen LogP contribution in [0.25, 0.3) is 0 Å². The Balaban J connectivity index is 0.00000312. The zero-order chi connectivity index (χ0) is 17.7. The van der Waals surface area contributed by atoms with Crippen molar-refractivity contribution in [2.75, 3.05) is 20.6 Å². The van der Waals surface area contributed by atoms with Crippen LogP contribution in [0.3, 0.4) is 0 Å². The Bertz CT molecular complexity index is 697. The largest absolute Gasteiger partial charge is 0.361 e. The summed E-state index contributed by atoms with van der Waals surface area (Å²) in [5.74, 6) is 1.63. The number of aliphatic imine (C=N–C) groups is 1. The predicted octanol–water partition coefficient (Wildman–Crippen LogP) is 3.86. The standard InChI is InChI=1S/C18H25FN4O.HI/c1-12(17-13(2)22-24-14(17)3)10-21-18(20-4)23(5)11-15-7-6-8-16(19)9-15;/h6-9,12H,10-11H2,1-5H3,(H,20,21);1H. The van der Waals surface area contributed by atoms with Gasteiger partial charge in [-0.05, 0) is 31.5 Å². The Morgan fingerprint density at radius 2 is 2.12 bits per heavy atom. The highest BCUT2D eigenvalue weighted by Crippen LogP contribution is 2.22. The first-order chi connectivity index (χ1) is 11.4. The maximum atomic E-state index is 13.3. The second-order valence-corrected chi connectivity index (χ2v) is 6.05. The number of guanidine groups is 1. The first kappa shape index (κ1) is 21.4. The van der Waals surface area contributed by atoms with Crippen LogP contribution in [-0.2, 0) is 6.54 Å². The lowest BCUT2D eigenvalue weighted by Gasteiger charge is -2.23. The van der Waals surface area contributed by atoms with Crippen LogP contribution in [0.1, 0.15) is 35.4 Å². The molecule has 0 aliphatic carbocycles. The summed E-state index contributed by atoms with van der Waals surface area (Å²) in [7, 11) is 3.67. The van der Waals surface area contributed by atoms with Crippen molar-refractivity contribution in [3.63, 3.8) is 0 Å². The van der Waals surface area contributed by atoms with Gasteiger partial charge in [-0.15, -0.1) is 24.0 Å².